The van der Waals surface area contributed by atoms with Gasteiger partial charge in [0.15, 0.2) is 17.6 Å². The highest BCUT2D eigenvalue weighted by atomic mass is 32.1. The number of halogens is 3. The molecule has 0 saturated heterocycles. The summed E-state index contributed by atoms with van der Waals surface area (Å²) in [6.45, 7) is 3.90. The van der Waals surface area contributed by atoms with E-state index in [4.69, 9.17) is 9.47 Å². The Morgan fingerprint density at radius 1 is 1.19 bits per heavy atom. The monoisotopic (exact) mass is 528 g/mol. The van der Waals surface area contributed by atoms with E-state index in [0.717, 1.165) is 82.1 Å². The van der Waals surface area contributed by atoms with E-state index in [0.29, 0.717) is 24.0 Å². The van der Waals surface area contributed by atoms with Crippen LogP contribution in [0.15, 0.2) is 12.4 Å². The zero-order valence-corrected chi connectivity index (χ0v) is 21.7. The van der Waals surface area contributed by atoms with Crippen molar-refractivity contribution < 1.29 is 27.4 Å². The Bertz CT molecular complexity index is 976. The molecular formula is C25H35F3N4O3S. The highest BCUT2D eigenvalue weighted by molar-refractivity contribution is 7.13. The van der Waals surface area contributed by atoms with Gasteiger partial charge >= 0.3 is 6.18 Å². The number of ketones is 1. The number of hydrogen-bond donors (Lipinski definition) is 0. The molecule has 1 aliphatic heterocycles. The molecule has 1 fully saturated rings. The molecule has 2 aromatic heterocycles. The Hall–Kier alpha value is -2.14. The third kappa shape index (κ3) is 7.68. The van der Waals surface area contributed by atoms with Crippen molar-refractivity contribution in [2.45, 2.75) is 70.6 Å². The SMILES string of the molecule is C[C@@H](Oc1nc2c(s1)CCN(CCC1CCC(CC(=O)COc3cnn(C)c3)CC1)CC2)C(F)(F)F. The van der Waals surface area contributed by atoms with Crippen LogP contribution in [-0.4, -0.2) is 64.0 Å². The van der Waals surface area contributed by atoms with E-state index in [1.807, 2.05) is 7.05 Å². The lowest BCUT2D eigenvalue weighted by Gasteiger charge is -2.30. The molecule has 2 aromatic rings. The Balaban J connectivity index is 1.12. The minimum Gasteiger partial charge on any atom is -0.483 e. The molecule has 0 unspecified atom stereocenters. The van der Waals surface area contributed by atoms with Crippen molar-refractivity contribution in [3.63, 3.8) is 0 Å². The highest BCUT2D eigenvalue weighted by Gasteiger charge is 2.39. The zero-order chi connectivity index (χ0) is 25.7. The van der Waals surface area contributed by atoms with E-state index in [9.17, 15) is 18.0 Å². The van der Waals surface area contributed by atoms with Crippen molar-refractivity contribution >= 4 is 17.1 Å². The van der Waals surface area contributed by atoms with Gasteiger partial charge in [0, 0.05) is 37.9 Å². The Morgan fingerprint density at radius 3 is 2.61 bits per heavy atom. The highest BCUT2D eigenvalue weighted by Crippen LogP contribution is 2.34. The molecule has 7 nitrogen and oxygen atoms in total. The lowest BCUT2D eigenvalue weighted by molar-refractivity contribution is -0.189. The number of ether oxygens (including phenoxy) is 2. The van der Waals surface area contributed by atoms with E-state index in [-0.39, 0.29) is 17.6 Å². The summed E-state index contributed by atoms with van der Waals surface area (Å²) in [5.74, 6) is 1.90. The molecule has 0 N–H and O–H groups in total. The summed E-state index contributed by atoms with van der Waals surface area (Å²) in [4.78, 5) is 20.1. The molecule has 0 bridgehead atoms. The van der Waals surface area contributed by atoms with Crippen LogP contribution in [0.25, 0.3) is 0 Å². The van der Waals surface area contributed by atoms with Crippen molar-refractivity contribution in [3.05, 3.63) is 23.0 Å². The second kappa shape index (κ2) is 11.9. The molecule has 0 amide bonds. The van der Waals surface area contributed by atoms with Crippen molar-refractivity contribution in [2.75, 3.05) is 26.2 Å². The first-order valence-corrected chi connectivity index (χ1v) is 13.5. The summed E-state index contributed by atoms with van der Waals surface area (Å²) >= 11 is 1.25. The molecule has 0 radical (unpaired) electrons. The van der Waals surface area contributed by atoms with Crippen LogP contribution in [0.4, 0.5) is 13.2 Å². The van der Waals surface area contributed by atoms with Crippen LogP contribution in [0.2, 0.25) is 0 Å². The van der Waals surface area contributed by atoms with Crippen LogP contribution in [0, 0.1) is 11.8 Å². The molecule has 1 saturated carbocycles. The first kappa shape index (κ1) is 26.9. The van der Waals surface area contributed by atoms with Crippen LogP contribution in [0.5, 0.6) is 10.9 Å². The molecule has 1 aliphatic carbocycles. The third-order valence-corrected chi connectivity index (χ3v) is 8.28. The second-order valence-electron chi connectivity index (χ2n) is 10.0. The molecular weight excluding hydrogens is 493 g/mol. The van der Waals surface area contributed by atoms with Gasteiger partial charge in [-0.3, -0.25) is 9.48 Å². The second-order valence-corrected chi connectivity index (χ2v) is 11.1. The first-order valence-electron chi connectivity index (χ1n) is 12.7. The van der Waals surface area contributed by atoms with E-state index in [1.54, 1.807) is 17.1 Å². The minimum atomic E-state index is -4.39. The molecule has 1 atom stereocenters. The zero-order valence-electron chi connectivity index (χ0n) is 20.9. The van der Waals surface area contributed by atoms with Gasteiger partial charge in [0.05, 0.1) is 18.1 Å². The predicted octanol–water partition coefficient (Wildman–Crippen LogP) is 4.84. The molecule has 0 aromatic carbocycles. The van der Waals surface area contributed by atoms with E-state index in [2.05, 4.69) is 15.0 Å². The largest absolute Gasteiger partial charge is 0.483 e. The summed E-state index contributed by atoms with van der Waals surface area (Å²) in [6.07, 6.45) is 4.88. The Kier molecular flexibility index (Phi) is 8.92. The number of nitrogens with zero attached hydrogens (tertiary/aromatic N) is 4. The number of alkyl halides is 3. The third-order valence-electron chi connectivity index (χ3n) is 7.23. The lowest BCUT2D eigenvalue weighted by atomic mass is 9.78. The van der Waals surface area contributed by atoms with E-state index in [1.165, 1.54) is 11.3 Å². The molecule has 36 heavy (non-hydrogen) atoms. The maximum Gasteiger partial charge on any atom is 0.425 e. The number of thiazole rings is 1. The summed E-state index contributed by atoms with van der Waals surface area (Å²) < 4.78 is 50.5. The van der Waals surface area contributed by atoms with Gasteiger partial charge in [-0.05, 0) is 51.0 Å². The molecule has 11 heteroatoms. The Morgan fingerprint density at radius 2 is 1.92 bits per heavy atom. The molecule has 3 heterocycles. The topological polar surface area (TPSA) is 69.5 Å². The lowest BCUT2D eigenvalue weighted by Crippen LogP contribution is -2.31. The van der Waals surface area contributed by atoms with Crippen LogP contribution in [0.3, 0.4) is 0 Å². The summed E-state index contributed by atoms with van der Waals surface area (Å²) in [7, 11) is 1.81. The summed E-state index contributed by atoms with van der Waals surface area (Å²) in [5, 5.41) is 4.16. The van der Waals surface area contributed by atoms with Crippen molar-refractivity contribution in [1.82, 2.24) is 19.7 Å². The van der Waals surface area contributed by atoms with Gasteiger partial charge in [0.1, 0.15) is 6.61 Å². The van der Waals surface area contributed by atoms with Crippen molar-refractivity contribution in [1.29, 1.82) is 0 Å². The summed E-state index contributed by atoms with van der Waals surface area (Å²) in [6, 6.07) is 0. The standard InChI is InChI=1S/C25H35F3N4O3S/c1-17(25(26,27)28)35-24-30-22-8-11-32(12-9-23(22)36-24)10-7-18-3-5-19(6-4-18)13-20(33)16-34-21-14-29-31(2)15-21/h14-15,17-19H,3-13,16H2,1-2H3/t17-,18?,19?/m1/s1. The maximum atomic E-state index is 12.8. The average Bonchev–Trinajstić information content (AvgIpc) is 3.37. The van der Waals surface area contributed by atoms with Crippen molar-refractivity contribution in [2.24, 2.45) is 18.9 Å². The fourth-order valence-corrected chi connectivity index (χ4v) is 6.00. The maximum absolute atomic E-state index is 12.8. The van der Waals surface area contributed by atoms with Gasteiger partial charge < -0.3 is 14.4 Å². The van der Waals surface area contributed by atoms with Gasteiger partial charge in [-0.25, -0.2) is 4.98 Å². The number of Topliss-reactive ketones (excluding diaryl/α,β-unsaturated/α-hetero) is 1. The van der Waals surface area contributed by atoms with Crippen LogP contribution >= 0.6 is 11.3 Å². The van der Waals surface area contributed by atoms with Gasteiger partial charge in [0.25, 0.3) is 5.19 Å². The quantitative estimate of drug-likeness (QED) is 0.440. The number of fused-ring (bicyclic) bond motifs is 1. The van der Waals surface area contributed by atoms with Gasteiger partial charge in [-0.15, -0.1) is 0 Å². The molecule has 200 valence electrons. The smallest absolute Gasteiger partial charge is 0.425 e. The van der Waals surface area contributed by atoms with Gasteiger partial charge in [-0.2, -0.15) is 18.3 Å². The number of carbonyl (C=O) groups is 1. The van der Waals surface area contributed by atoms with E-state index >= 15 is 0 Å². The first-order chi connectivity index (χ1) is 17.2. The predicted molar refractivity (Wildman–Crippen MR) is 130 cm³/mol. The fraction of sp³-hybridized carbons (Fsp3) is 0.720. The molecule has 0 spiro atoms. The van der Waals surface area contributed by atoms with Crippen LogP contribution in [0.1, 0.15) is 56.0 Å². The fourth-order valence-electron chi connectivity index (χ4n) is 4.99. The van der Waals surface area contributed by atoms with E-state index < -0.39 is 12.3 Å². The minimum absolute atomic E-state index is 0.107. The molecule has 2 aliphatic rings. The number of hydrogen-bond acceptors (Lipinski definition) is 7. The van der Waals surface area contributed by atoms with Crippen LogP contribution in [-0.2, 0) is 24.7 Å². The Labute approximate surface area is 214 Å². The summed E-state index contributed by atoms with van der Waals surface area (Å²) in [5.41, 5.74) is 0.879. The normalized spacial score (nSPS) is 22.0. The molecule has 4 rings (SSSR count). The van der Waals surface area contributed by atoms with Crippen molar-refractivity contribution in [3.8, 4) is 10.9 Å². The number of carbonyl (C=O) groups excluding carboxylic acids is 1. The number of aromatic nitrogens is 3. The van der Waals surface area contributed by atoms with Crippen LogP contribution < -0.4 is 9.47 Å². The average molecular weight is 529 g/mol. The van der Waals surface area contributed by atoms with Gasteiger partial charge in [-0.1, -0.05) is 24.2 Å². The van der Waals surface area contributed by atoms with Gasteiger partial charge in [0.2, 0.25) is 0 Å². The number of aryl methyl sites for hydroxylation is 1. The number of rotatable bonds is 10.